The van der Waals surface area contributed by atoms with Crippen molar-refractivity contribution in [2.45, 2.75) is 17.9 Å². The van der Waals surface area contributed by atoms with Crippen LogP contribution in [0.1, 0.15) is 18.5 Å². The Morgan fingerprint density at radius 1 is 1.26 bits per heavy atom. The Bertz CT molecular complexity index is 1050. The highest BCUT2D eigenvalue weighted by Crippen LogP contribution is 2.55. The number of rotatable bonds is 3. The average Bonchev–Trinajstić information content (AvgIpc) is 3.13. The van der Waals surface area contributed by atoms with E-state index in [-0.39, 0.29) is 17.8 Å². The molecular formula is C19H20FN3O3S. The van der Waals surface area contributed by atoms with Crippen LogP contribution in [-0.4, -0.2) is 38.5 Å². The van der Waals surface area contributed by atoms with Gasteiger partial charge in [0.05, 0.1) is 10.9 Å². The van der Waals surface area contributed by atoms with Crippen molar-refractivity contribution in [3.8, 4) is 11.1 Å². The number of nitrogens with one attached hydrogen (secondary N) is 2. The summed E-state index contributed by atoms with van der Waals surface area (Å²) in [4.78, 5) is 16.6. The van der Waals surface area contributed by atoms with E-state index in [1.165, 1.54) is 24.0 Å². The van der Waals surface area contributed by atoms with Crippen LogP contribution in [-0.2, 0) is 4.79 Å². The van der Waals surface area contributed by atoms with Gasteiger partial charge in [0.2, 0.25) is 5.91 Å². The largest absolute Gasteiger partial charge is 0.360 e. The van der Waals surface area contributed by atoms with Gasteiger partial charge in [-0.05, 0) is 41.5 Å². The van der Waals surface area contributed by atoms with Crippen LogP contribution in [0.25, 0.3) is 22.0 Å². The SMILES string of the molecule is CC(=O)N(C)CC1NS(O)(O)c2ccc(-c3c[nH]c4cc(F)ccc34)cc21. The van der Waals surface area contributed by atoms with Gasteiger partial charge in [-0.2, -0.15) is 0 Å². The number of aromatic nitrogens is 1. The summed E-state index contributed by atoms with van der Waals surface area (Å²) in [6.07, 6.45) is 1.81. The first-order chi connectivity index (χ1) is 12.8. The Morgan fingerprint density at radius 2 is 2.04 bits per heavy atom. The molecule has 1 amide bonds. The van der Waals surface area contributed by atoms with Crippen LogP contribution in [0.3, 0.4) is 0 Å². The molecule has 1 aliphatic rings. The summed E-state index contributed by atoms with van der Waals surface area (Å²) in [6.45, 7) is 1.79. The molecule has 0 spiro atoms. The lowest BCUT2D eigenvalue weighted by Crippen LogP contribution is -2.33. The van der Waals surface area contributed by atoms with Crippen molar-refractivity contribution in [1.29, 1.82) is 0 Å². The van der Waals surface area contributed by atoms with Gasteiger partial charge in [-0.15, -0.1) is 10.8 Å². The van der Waals surface area contributed by atoms with E-state index in [1.807, 2.05) is 18.3 Å². The molecule has 4 rings (SSSR count). The minimum Gasteiger partial charge on any atom is -0.360 e. The van der Waals surface area contributed by atoms with Gasteiger partial charge in [0.25, 0.3) is 0 Å². The van der Waals surface area contributed by atoms with E-state index in [0.717, 1.165) is 22.1 Å². The van der Waals surface area contributed by atoms with Crippen molar-refractivity contribution < 1.29 is 18.3 Å². The zero-order valence-corrected chi connectivity index (χ0v) is 15.7. The van der Waals surface area contributed by atoms with Crippen LogP contribution < -0.4 is 4.72 Å². The summed E-state index contributed by atoms with van der Waals surface area (Å²) in [6, 6.07) is 9.60. The zero-order valence-electron chi connectivity index (χ0n) is 14.9. The molecule has 1 aliphatic heterocycles. The third-order valence-corrected chi connectivity index (χ3v) is 6.55. The van der Waals surface area contributed by atoms with Crippen molar-refractivity contribution in [2.24, 2.45) is 0 Å². The Hall–Kier alpha value is -2.39. The first-order valence-corrected chi connectivity index (χ1v) is 9.99. The molecular weight excluding hydrogens is 369 g/mol. The number of halogens is 1. The third kappa shape index (κ3) is 3.10. The Morgan fingerprint density at radius 3 is 2.78 bits per heavy atom. The number of aromatic amines is 1. The minimum atomic E-state index is -3.11. The van der Waals surface area contributed by atoms with E-state index in [4.69, 9.17) is 0 Å². The standard InChI is InChI=1S/C19H20FN3O3S/c1-11(24)23(2)10-18-15-7-12(3-6-19(15)27(25,26)22-18)16-9-21-17-8-13(20)4-5-14(16)17/h3-9,18,21-22,25-26H,10H2,1-2H3. The lowest BCUT2D eigenvalue weighted by atomic mass is 9.99. The number of likely N-dealkylation sites (N-methyl/N-ethyl adjacent to an activating group) is 1. The number of benzene rings is 2. The minimum absolute atomic E-state index is 0.100. The summed E-state index contributed by atoms with van der Waals surface area (Å²) in [5.41, 5.74) is 3.22. The molecule has 0 aliphatic carbocycles. The molecule has 27 heavy (non-hydrogen) atoms. The molecule has 0 saturated heterocycles. The highest BCUT2D eigenvalue weighted by Gasteiger charge is 2.35. The molecule has 142 valence electrons. The molecule has 3 aromatic rings. The number of amides is 1. The van der Waals surface area contributed by atoms with Crippen LogP contribution in [0.4, 0.5) is 4.39 Å². The lowest BCUT2D eigenvalue weighted by molar-refractivity contribution is -0.127. The van der Waals surface area contributed by atoms with E-state index in [0.29, 0.717) is 17.0 Å². The van der Waals surface area contributed by atoms with Gasteiger partial charge in [-0.1, -0.05) is 6.07 Å². The van der Waals surface area contributed by atoms with Gasteiger partial charge in [0, 0.05) is 43.2 Å². The Balaban J connectivity index is 1.78. The predicted molar refractivity (Wildman–Crippen MR) is 104 cm³/mol. The van der Waals surface area contributed by atoms with E-state index < -0.39 is 10.8 Å². The predicted octanol–water partition coefficient (Wildman–Crippen LogP) is 4.12. The van der Waals surface area contributed by atoms with Gasteiger partial charge in [-0.25, -0.2) is 9.11 Å². The second-order valence-corrected chi connectivity index (χ2v) is 8.54. The highest BCUT2D eigenvalue weighted by atomic mass is 32.3. The number of carbonyl (C=O) groups excluding carboxylic acids is 1. The summed E-state index contributed by atoms with van der Waals surface area (Å²) in [5.74, 6) is -0.410. The van der Waals surface area contributed by atoms with E-state index in [9.17, 15) is 18.3 Å². The van der Waals surface area contributed by atoms with Crippen molar-refractivity contribution in [2.75, 3.05) is 13.6 Å². The van der Waals surface area contributed by atoms with Crippen molar-refractivity contribution in [1.82, 2.24) is 14.6 Å². The molecule has 2 aromatic carbocycles. The van der Waals surface area contributed by atoms with Crippen molar-refractivity contribution in [3.63, 3.8) is 0 Å². The summed E-state index contributed by atoms with van der Waals surface area (Å²) in [7, 11) is -1.43. The fraction of sp³-hybridized carbons (Fsp3) is 0.211. The van der Waals surface area contributed by atoms with Crippen molar-refractivity contribution in [3.05, 3.63) is 54.0 Å². The molecule has 0 fully saturated rings. The molecule has 0 saturated carbocycles. The van der Waals surface area contributed by atoms with Crippen LogP contribution in [0.2, 0.25) is 0 Å². The number of carbonyl (C=O) groups is 1. The van der Waals surface area contributed by atoms with Gasteiger partial charge < -0.3 is 9.88 Å². The number of hydrogen-bond acceptors (Lipinski definition) is 4. The summed E-state index contributed by atoms with van der Waals surface area (Å²) < 4.78 is 37.0. The van der Waals surface area contributed by atoms with Crippen LogP contribution >= 0.6 is 10.8 Å². The Kier molecular flexibility index (Phi) is 4.23. The molecule has 1 atom stereocenters. The fourth-order valence-electron chi connectivity index (χ4n) is 3.45. The normalized spacial score (nSPS) is 19.1. The lowest BCUT2D eigenvalue weighted by Gasteiger charge is -2.29. The molecule has 1 aromatic heterocycles. The maximum absolute atomic E-state index is 13.4. The van der Waals surface area contributed by atoms with Gasteiger partial charge in [0.1, 0.15) is 5.82 Å². The Labute approximate surface area is 157 Å². The van der Waals surface area contributed by atoms with Crippen molar-refractivity contribution >= 4 is 27.6 Å². The quantitative estimate of drug-likeness (QED) is 0.543. The fourth-order valence-corrected chi connectivity index (χ4v) is 4.96. The molecule has 2 heterocycles. The monoisotopic (exact) mass is 389 g/mol. The topological polar surface area (TPSA) is 88.6 Å². The molecule has 8 heteroatoms. The van der Waals surface area contributed by atoms with Gasteiger partial charge in [-0.3, -0.25) is 13.9 Å². The van der Waals surface area contributed by atoms with Crippen LogP contribution in [0.15, 0.2) is 47.5 Å². The number of H-pyrrole nitrogens is 1. The van der Waals surface area contributed by atoms with Crippen LogP contribution in [0.5, 0.6) is 0 Å². The highest BCUT2D eigenvalue weighted by molar-refractivity contribution is 8.22. The second kappa shape index (κ2) is 6.35. The summed E-state index contributed by atoms with van der Waals surface area (Å²) >= 11 is 0. The van der Waals surface area contributed by atoms with Gasteiger partial charge in [0.15, 0.2) is 0 Å². The maximum atomic E-state index is 13.4. The second-order valence-electron chi connectivity index (χ2n) is 6.76. The number of fused-ring (bicyclic) bond motifs is 2. The number of hydrogen-bond donors (Lipinski definition) is 4. The summed E-state index contributed by atoms with van der Waals surface area (Å²) in [5, 5.41) is 0.881. The van der Waals surface area contributed by atoms with E-state index in [2.05, 4.69) is 9.71 Å². The molecule has 0 bridgehead atoms. The molecule has 1 unspecified atom stereocenters. The molecule has 6 nitrogen and oxygen atoms in total. The van der Waals surface area contributed by atoms with Gasteiger partial charge >= 0.3 is 0 Å². The van der Waals surface area contributed by atoms with Crippen LogP contribution in [0, 0.1) is 5.82 Å². The first-order valence-electron chi connectivity index (χ1n) is 8.44. The average molecular weight is 389 g/mol. The maximum Gasteiger partial charge on any atom is 0.219 e. The zero-order chi connectivity index (χ0) is 19.3. The smallest absolute Gasteiger partial charge is 0.219 e. The molecule has 4 N–H and O–H groups in total. The van der Waals surface area contributed by atoms with E-state index >= 15 is 0 Å². The van der Waals surface area contributed by atoms with E-state index in [1.54, 1.807) is 19.2 Å². The first kappa shape index (κ1) is 18.0. The number of nitrogens with zero attached hydrogens (tertiary/aromatic N) is 1. The third-order valence-electron chi connectivity index (χ3n) is 4.95. The molecule has 0 radical (unpaired) electrons.